The van der Waals surface area contributed by atoms with Crippen LogP contribution in [-0.4, -0.2) is 15.9 Å². The molecule has 2 atom stereocenters. The fourth-order valence-electron chi connectivity index (χ4n) is 2.74. The van der Waals surface area contributed by atoms with Crippen LogP contribution in [0.1, 0.15) is 39.0 Å². The summed E-state index contributed by atoms with van der Waals surface area (Å²) in [4.78, 5) is 14.5. The predicted octanol–water partition coefficient (Wildman–Crippen LogP) is 4.02. The molecule has 0 aliphatic heterocycles. The van der Waals surface area contributed by atoms with Crippen LogP contribution in [0.3, 0.4) is 0 Å². The van der Waals surface area contributed by atoms with Crippen molar-refractivity contribution >= 4 is 23.1 Å². The van der Waals surface area contributed by atoms with Crippen LogP contribution in [0.4, 0.5) is 11.5 Å². The van der Waals surface area contributed by atoms with E-state index in [0.29, 0.717) is 17.8 Å². The zero-order valence-corrected chi connectivity index (χ0v) is 11.7. The van der Waals surface area contributed by atoms with E-state index in [9.17, 15) is 10.1 Å². The Kier molecular flexibility index (Phi) is 4.58. The summed E-state index contributed by atoms with van der Waals surface area (Å²) >= 11 is 5.83. The molecule has 2 rings (SSSR count). The first-order valence-electron chi connectivity index (χ1n) is 6.68. The molecular formula is C13H18ClN3O2. The van der Waals surface area contributed by atoms with Crippen molar-refractivity contribution in [3.05, 3.63) is 27.4 Å². The van der Waals surface area contributed by atoms with Gasteiger partial charge in [-0.2, -0.15) is 0 Å². The van der Waals surface area contributed by atoms with Gasteiger partial charge in [-0.15, -0.1) is 0 Å². The van der Waals surface area contributed by atoms with Crippen molar-refractivity contribution < 1.29 is 4.92 Å². The molecule has 104 valence electrons. The van der Waals surface area contributed by atoms with Crippen molar-refractivity contribution in [3.8, 4) is 0 Å². The van der Waals surface area contributed by atoms with E-state index in [-0.39, 0.29) is 10.8 Å². The van der Waals surface area contributed by atoms with Crippen LogP contribution in [0, 0.1) is 16.0 Å². The second kappa shape index (κ2) is 6.19. The van der Waals surface area contributed by atoms with E-state index in [2.05, 4.69) is 17.2 Å². The first kappa shape index (κ1) is 14.1. The second-order valence-electron chi connectivity index (χ2n) is 4.99. The van der Waals surface area contributed by atoms with Crippen molar-refractivity contribution in [3.63, 3.8) is 0 Å². The van der Waals surface area contributed by atoms with Crippen LogP contribution in [0.5, 0.6) is 0 Å². The standard InChI is InChI=1S/C13H18ClN3O2/c1-2-9-5-3-4-6-11(9)15-13-8-10(17(18)19)7-12(14)16-13/h7-9,11H,2-6H2,1H3,(H,15,16). The van der Waals surface area contributed by atoms with E-state index < -0.39 is 4.92 Å². The molecule has 0 amide bonds. The van der Waals surface area contributed by atoms with Gasteiger partial charge in [0.05, 0.1) is 17.1 Å². The lowest BCUT2D eigenvalue weighted by atomic mass is 9.83. The minimum Gasteiger partial charge on any atom is -0.367 e. The Bertz CT molecular complexity index is 467. The molecule has 1 fully saturated rings. The van der Waals surface area contributed by atoms with Crippen molar-refractivity contribution in [2.24, 2.45) is 5.92 Å². The smallest absolute Gasteiger partial charge is 0.276 e. The molecule has 1 aromatic heterocycles. The van der Waals surface area contributed by atoms with E-state index in [4.69, 9.17) is 11.6 Å². The first-order valence-corrected chi connectivity index (χ1v) is 7.06. The van der Waals surface area contributed by atoms with Gasteiger partial charge in [0, 0.05) is 6.04 Å². The van der Waals surface area contributed by atoms with E-state index >= 15 is 0 Å². The van der Waals surface area contributed by atoms with Crippen LogP contribution >= 0.6 is 11.6 Å². The highest BCUT2D eigenvalue weighted by molar-refractivity contribution is 6.29. The molecule has 0 spiro atoms. The Hall–Kier alpha value is -1.36. The lowest BCUT2D eigenvalue weighted by Crippen LogP contribution is -2.32. The van der Waals surface area contributed by atoms with Gasteiger partial charge in [-0.1, -0.05) is 37.8 Å². The predicted molar refractivity (Wildman–Crippen MR) is 75.6 cm³/mol. The number of pyridine rings is 1. The van der Waals surface area contributed by atoms with Gasteiger partial charge in [-0.05, 0) is 18.8 Å². The van der Waals surface area contributed by atoms with E-state index in [1.165, 1.54) is 31.4 Å². The van der Waals surface area contributed by atoms with Crippen LogP contribution in [0.2, 0.25) is 5.15 Å². The number of nitro groups is 1. The Morgan fingerprint density at radius 2 is 2.21 bits per heavy atom. The molecule has 1 aliphatic carbocycles. The summed E-state index contributed by atoms with van der Waals surface area (Å²) in [5, 5.41) is 14.3. The molecular weight excluding hydrogens is 266 g/mol. The van der Waals surface area contributed by atoms with Crippen molar-refractivity contribution in [2.75, 3.05) is 5.32 Å². The van der Waals surface area contributed by atoms with Gasteiger partial charge in [0.25, 0.3) is 5.69 Å². The molecule has 1 aromatic rings. The molecule has 5 nitrogen and oxygen atoms in total. The van der Waals surface area contributed by atoms with E-state index in [1.54, 1.807) is 0 Å². The molecule has 1 heterocycles. The van der Waals surface area contributed by atoms with Gasteiger partial charge < -0.3 is 5.32 Å². The fourth-order valence-corrected chi connectivity index (χ4v) is 2.94. The van der Waals surface area contributed by atoms with Crippen LogP contribution in [0.15, 0.2) is 12.1 Å². The number of halogens is 1. The van der Waals surface area contributed by atoms with Gasteiger partial charge in [0.1, 0.15) is 11.0 Å². The maximum atomic E-state index is 10.8. The molecule has 6 heteroatoms. The van der Waals surface area contributed by atoms with Gasteiger partial charge in [0.2, 0.25) is 0 Å². The average Bonchev–Trinajstić information content (AvgIpc) is 2.38. The molecule has 0 aromatic carbocycles. The summed E-state index contributed by atoms with van der Waals surface area (Å²) in [5.74, 6) is 1.11. The number of nitrogens with zero attached hydrogens (tertiary/aromatic N) is 2. The third-order valence-electron chi connectivity index (χ3n) is 3.76. The molecule has 0 saturated heterocycles. The number of rotatable bonds is 4. The van der Waals surface area contributed by atoms with Gasteiger partial charge in [0.15, 0.2) is 0 Å². The lowest BCUT2D eigenvalue weighted by Gasteiger charge is -2.31. The quantitative estimate of drug-likeness (QED) is 0.515. The summed E-state index contributed by atoms with van der Waals surface area (Å²) in [6.07, 6.45) is 5.86. The van der Waals surface area contributed by atoms with Crippen LogP contribution in [-0.2, 0) is 0 Å². The number of hydrogen-bond donors (Lipinski definition) is 1. The summed E-state index contributed by atoms with van der Waals surface area (Å²) in [6.45, 7) is 2.18. The van der Waals surface area contributed by atoms with Crippen molar-refractivity contribution in [1.29, 1.82) is 0 Å². The summed E-state index contributed by atoms with van der Waals surface area (Å²) in [6, 6.07) is 3.06. The number of hydrogen-bond acceptors (Lipinski definition) is 4. The molecule has 0 bridgehead atoms. The third kappa shape index (κ3) is 3.56. The van der Waals surface area contributed by atoms with Gasteiger partial charge in [-0.25, -0.2) is 4.98 Å². The second-order valence-corrected chi connectivity index (χ2v) is 5.38. The van der Waals surface area contributed by atoms with Crippen molar-refractivity contribution in [2.45, 2.75) is 45.1 Å². The summed E-state index contributed by atoms with van der Waals surface area (Å²) < 4.78 is 0. The molecule has 1 saturated carbocycles. The van der Waals surface area contributed by atoms with E-state index in [1.807, 2.05) is 0 Å². The third-order valence-corrected chi connectivity index (χ3v) is 3.95. The maximum Gasteiger partial charge on any atom is 0.276 e. The lowest BCUT2D eigenvalue weighted by molar-refractivity contribution is -0.384. The Morgan fingerprint density at radius 3 is 2.89 bits per heavy atom. The zero-order chi connectivity index (χ0) is 13.8. The highest BCUT2D eigenvalue weighted by Crippen LogP contribution is 2.30. The van der Waals surface area contributed by atoms with Crippen molar-refractivity contribution in [1.82, 2.24) is 4.98 Å². The van der Waals surface area contributed by atoms with Crippen LogP contribution < -0.4 is 5.32 Å². The normalized spacial score (nSPS) is 23.1. The Morgan fingerprint density at radius 1 is 1.47 bits per heavy atom. The minimum atomic E-state index is -0.448. The molecule has 19 heavy (non-hydrogen) atoms. The maximum absolute atomic E-state index is 10.8. The summed E-state index contributed by atoms with van der Waals surface area (Å²) in [5.41, 5.74) is -0.0219. The summed E-state index contributed by atoms with van der Waals surface area (Å²) in [7, 11) is 0. The highest BCUT2D eigenvalue weighted by atomic mass is 35.5. The van der Waals surface area contributed by atoms with Gasteiger partial charge in [-0.3, -0.25) is 10.1 Å². The minimum absolute atomic E-state index is 0.0219. The molecule has 2 unspecified atom stereocenters. The fraction of sp³-hybridized carbons (Fsp3) is 0.615. The SMILES string of the molecule is CCC1CCCCC1Nc1cc([N+](=O)[O-])cc(Cl)n1. The molecule has 0 radical (unpaired) electrons. The zero-order valence-electron chi connectivity index (χ0n) is 10.9. The van der Waals surface area contributed by atoms with Gasteiger partial charge >= 0.3 is 0 Å². The highest BCUT2D eigenvalue weighted by Gasteiger charge is 2.24. The van der Waals surface area contributed by atoms with E-state index in [0.717, 1.165) is 12.8 Å². The monoisotopic (exact) mass is 283 g/mol. The molecule has 1 aliphatic rings. The Labute approximate surface area is 117 Å². The molecule has 1 N–H and O–H groups in total. The number of anilines is 1. The number of aromatic nitrogens is 1. The average molecular weight is 284 g/mol. The topological polar surface area (TPSA) is 68.1 Å². The first-order chi connectivity index (χ1) is 9.10. The Balaban J connectivity index is 2.15. The number of nitrogens with one attached hydrogen (secondary N) is 1. The largest absolute Gasteiger partial charge is 0.367 e. The van der Waals surface area contributed by atoms with Crippen LogP contribution in [0.25, 0.3) is 0 Å².